The Bertz CT molecular complexity index is 853. The van der Waals surface area contributed by atoms with Crippen molar-refractivity contribution in [3.63, 3.8) is 0 Å². The number of rotatable bonds is 15. The van der Waals surface area contributed by atoms with Crippen molar-refractivity contribution in [2.45, 2.75) is 67.2 Å². The van der Waals surface area contributed by atoms with Gasteiger partial charge in [0.25, 0.3) is 0 Å². The second-order valence-electron chi connectivity index (χ2n) is 8.32. The van der Waals surface area contributed by atoms with Gasteiger partial charge in [-0.1, -0.05) is 34.4 Å². The molecule has 4 N–H and O–H groups in total. The lowest BCUT2D eigenvalue weighted by molar-refractivity contribution is -0.134. The first kappa shape index (κ1) is 31.2. The van der Waals surface area contributed by atoms with Crippen molar-refractivity contribution in [2.24, 2.45) is 0 Å². The zero-order valence-electron chi connectivity index (χ0n) is 21.2. The number of carbonyl (C=O) groups is 4. The van der Waals surface area contributed by atoms with Crippen molar-refractivity contribution in [3.8, 4) is 0 Å². The van der Waals surface area contributed by atoms with E-state index in [9.17, 15) is 24.3 Å². The Morgan fingerprint density at radius 1 is 0.794 bits per heavy atom. The molecule has 0 aromatic heterocycles. The molecule has 190 valence electrons. The van der Waals surface area contributed by atoms with Crippen LogP contribution in [-0.2, 0) is 19.2 Å². The Morgan fingerprint density at radius 3 is 2.00 bits per heavy atom. The second-order valence-corrected chi connectivity index (χ2v) is 9.23. The van der Waals surface area contributed by atoms with Crippen LogP contribution in [0, 0.1) is 0 Å². The third-order valence-corrected chi connectivity index (χ3v) is 5.72. The molecule has 0 aromatic carbocycles. The molecule has 0 aliphatic rings. The maximum Gasteiger partial charge on any atom is 0.352 e. The average Bonchev–Trinajstić information content (AvgIpc) is 2.76. The van der Waals surface area contributed by atoms with E-state index in [1.54, 1.807) is 0 Å². The minimum atomic E-state index is -1.27. The van der Waals surface area contributed by atoms with Gasteiger partial charge in [0.1, 0.15) is 5.70 Å². The molecule has 0 aliphatic carbocycles. The summed E-state index contributed by atoms with van der Waals surface area (Å²) in [4.78, 5) is 45.5. The van der Waals surface area contributed by atoms with Gasteiger partial charge in [0, 0.05) is 18.1 Å². The van der Waals surface area contributed by atoms with Crippen molar-refractivity contribution in [1.82, 2.24) is 16.0 Å². The van der Waals surface area contributed by atoms with Crippen molar-refractivity contribution >= 4 is 35.5 Å². The van der Waals surface area contributed by atoms with Crippen molar-refractivity contribution in [3.05, 3.63) is 45.5 Å². The Kier molecular flexibility index (Phi) is 16.2. The minimum absolute atomic E-state index is 0.253. The van der Waals surface area contributed by atoms with E-state index >= 15 is 0 Å². The topological polar surface area (TPSA) is 125 Å². The summed E-state index contributed by atoms with van der Waals surface area (Å²) in [6, 6.07) is 0. The van der Waals surface area contributed by atoms with E-state index in [-0.39, 0.29) is 18.1 Å². The van der Waals surface area contributed by atoms with E-state index in [0.29, 0.717) is 5.75 Å². The number of thioether (sulfide) groups is 1. The van der Waals surface area contributed by atoms with Crippen LogP contribution in [0.1, 0.15) is 67.2 Å². The van der Waals surface area contributed by atoms with Crippen molar-refractivity contribution in [2.75, 3.05) is 18.8 Å². The van der Waals surface area contributed by atoms with Gasteiger partial charge in [0.15, 0.2) is 0 Å². The molecule has 0 spiro atoms. The predicted molar refractivity (Wildman–Crippen MR) is 138 cm³/mol. The predicted octanol–water partition coefficient (Wildman–Crippen LogP) is 3.82. The maximum atomic E-state index is 11.9. The summed E-state index contributed by atoms with van der Waals surface area (Å²) in [6.07, 6.45) is 8.38. The molecule has 0 saturated carbocycles. The number of hydrogen-bond acceptors (Lipinski definition) is 5. The Balaban J connectivity index is 4.45. The molecule has 0 radical (unpaired) electrons. The van der Waals surface area contributed by atoms with Crippen LogP contribution in [0.15, 0.2) is 45.5 Å². The van der Waals surface area contributed by atoms with Gasteiger partial charge in [-0.25, -0.2) is 4.79 Å². The fourth-order valence-electron chi connectivity index (χ4n) is 2.48. The van der Waals surface area contributed by atoms with Gasteiger partial charge in [-0.3, -0.25) is 14.4 Å². The number of amides is 3. The largest absolute Gasteiger partial charge is 0.477 e. The fourth-order valence-corrected chi connectivity index (χ4v) is 3.28. The lowest BCUT2D eigenvalue weighted by Gasteiger charge is -2.08. The van der Waals surface area contributed by atoms with Crippen LogP contribution in [-0.4, -0.2) is 47.6 Å². The normalized spacial score (nSPS) is 12.1. The van der Waals surface area contributed by atoms with Gasteiger partial charge < -0.3 is 21.1 Å². The summed E-state index contributed by atoms with van der Waals surface area (Å²) < 4.78 is 0. The number of carboxylic acids is 1. The van der Waals surface area contributed by atoms with Crippen LogP contribution in [0.2, 0.25) is 0 Å². The molecule has 3 amide bonds. The summed E-state index contributed by atoms with van der Waals surface area (Å²) in [7, 11) is 0. The molecule has 34 heavy (non-hydrogen) atoms. The number of hydrogen-bond donors (Lipinski definition) is 4. The minimum Gasteiger partial charge on any atom is -0.477 e. The molecule has 0 heterocycles. The van der Waals surface area contributed by atoms with Crippen LogP contribution < -0.4 is 16.0 Å². The lowest BCUT2D eigenvalue weighted by Crippen LogP contribution is -2.42. The first-order valence-corrected chi connectivity index (χ1v) is 12.3. The third kappa shape index (κ3) is 16.8. The summed E-state index contributed by atoms with van der Waals surface area (Å²) in [6.45, 7) is 11.3. The number of aliphatic carboxylic acids is 1. The second kappa shape index (κ2) is 17.6. The Labute approximate surface area is 207 Å². The molecule has 0 bridgehead atoms. The van der Waals surface area contributed by atoms with Gasteiger partial charge in [0.2, 0.25) is 17.7 Å². The lowest BCUT2D eigenvalue weighted by atomic mass is 10.0. The van der Waals surface area contributed by atoms with Gasteiger partial charge in [-0.2, -0.15) is 0 Å². The third-order valence-electron chi connectivity index (χ3n) is 4.96. The molecule has 9 heteroatoms. The van der Waals surface area contributed by atoms with Gasteiger partial charge >= 0.3 is 5.97 Å². The molecule has 8 nitrogen and oxygen atoms in total. The smallest absolute Gasteiger partial charge is 0.352 e. The number of carbonyl (C=O) groups excluding carboxylic acids is 3. The summed E-state index contributed by atoms with van der Waals surface area (Å²) >= 11 is 1.26. The van der Waals surface area contributed by atoms with E-state index in [1.165, 1.54) is 46.4 Å². The average molecular weight is 494 g/mol. The molecule has 0 saturated heterocycles. The maximum absolute atomic E-state index is 11.9. The highest BCUT2D eigenvalue weighted by Gasteiger charge is 2.12. The first-order valence-electron chi connectivity index (χ1n) is 11.2. The number of carboxylic acid groups (broad SMARTS) is 1. The quantitative estimate of drug-likeness (QED) is 0.156. The number of nitrogens with one attached hydrogen (secondary N) is 3. The summed E-state index contributed by atoms with van der Waals surface area (Å²) in [5.41, 5.74) is 5.17. The monoisotopic (exact) mass is 493 g/mol. The van der Waals surface area contributed by atoms with Gasteiger partial charge in [-0.05, 0) is 60.3 Å². The highest BCUT2D eigenvalue weighted by Crippen LogP contribution is 2.16. The summed E-state index contributed by atoms with van der Waals surface area (Å²) in [5.74, 6) is -2.27. The van der Waals surface area contributed by atoms with E-state index < -0.39 is 24.3 Å². The molecular weight excluding hydrogens is 454 g/mol. The van der Waals surface area contributed by atoms with E-state index in [4.69, 9.17) is 0 Å². The van der Waals surface area contributed by atoms with E-state index in [0.717, 1.165) is 25.7 Å². The van der Waals surface area contributed by atoms with Crippen LogP contribution in [0.5, 0.6) is 0 Å². The first-order chi connectivity index (χ1) is 15.9. The van der Waals surface area contributed by atoms with Crippen LogP contribution >= 0.6 is 11.8 Å². The SMILES string of the molecule is CC(=O)NCC(=O)NCC(=O)NC(=CSCC=C(C)CCC=C(C)CCC(C)=C(C)C)C(=O)O. The van der Waals surface area contributed by atoms with Crippen LogP contribution in [0.25, 0.3) is 0 Å². The highest BCUT2D eigenvalue weighted by atomic mass is 32.2. The van der Waals surface area contributed by atoms with Gasteiger partial charge in [-0.15, -0.1) is 11.8 Å². The molecule has 0 aliphatic heterocycles. The zero-order valence-corrected chi connectivity index (χ0v) is 22.0. The Hall–Kier alpha value is -2.81. The van der Waals surface area contributed by atoms with E-state index in [2.05, 4.69) is 49.7 Å². The number of allylic oxidation sites excluding steroid dienone is 5. The molecule has 0 atom stereocenters. The van der Waals surface area contributed by atoms with E-state index in [1.807, 2.05) is 13.0 Å². The molecule has 0 fully saturated rings. The van der Waals surface area contributed by atoms with Crippen molar-refractivity contribution < 1.29 is 24.3 Å². The molecule has 0 unspecified atom stereocenters. The zero-order chi connectivity index (χ0) is 26.1. The fraction of sp³-hybridized carbons (Fsp3) is 0.520. The van der Waals surface area contributed by atoms with Crippen LogP contribution in [0.3, 0.4) is 0 Å². The standard InChI is InChI=1S/C25H39N3O5S/c1-17(2)20(5)11-10-18(3)8-7-9-19(4)12-13-34-16-22(25(32)33)28-24(31)15-27-23(30)14-26-21(6)29/h8,12,16H,7,9-11,13-15H2,1-6H3,(H,26,29)(H,27,30)(H,28,31)(H,32,33). The van der Waals surface area contributed by atoms with Crippen LogP contribution in [0.4, 0.5) is 0 Å². The van der Waals surface area contributed by atoms with Crippen molar-refractivity contribution in [1.29, 1.82) is 0 Å². The molecular formula is C25H39N3O5S. The molecule has 0 rings (SSSR count). The highest BCUT2D eigenvalue weighted by molar-refractivity contribution is 8.02. The Morgan fingerprint density at radius 2 is 1.41 bits per heavy atom. The van der Waals surface area contributed by atoms with Gasteiger partial charge in [0.05, 0.1) is 13.1 Å². The summed E-state index contributed by atoms with van der Waals surface area (Å²) in [5, 5.41) is 17.5. The molecule has 0 aromatic rings.